The summed E-state index contributed by atoms with van der Waals surface area (Å²) < 4.78 is 7.41. The number of rotatable bonds is 6. The van der Waals surface area contributed by atoms with E-state index in [4.69, 9.17) is 4.74 Å². The highest BCUT2D eigenvalue weighted by Gasteiger charge is 2.03. The number of hydrogen-bond donors (Lipinski definition) is 0. The second-order valence-corrected chi connectivity index (χ2v) is 4.63. The van der Waals surface area contributed by atoms with Crippen molar-refractivity contribution in [3.05, 3.63) is 48.3 Å². The van der Waals surface area contributed by atoms with E-state index in [0.29, 0.717) is 0 Å². The Hall–Kier alpha value is -1.54. The highest BCUT2D eigenvalue weighted by atomic mass is 16.5. The number of aromatic nitrogens is 1. The SMILES string of the molecule is COCCCCn1cc(-c2ccccc2)cc1C. The molecule has 2 rings (SSSR count). The Labute approximate surface area is 109 Å². The lowest BCUT2D eigenvalue weighted by molar-refractivity contribution is 0.191. The third-order valence-corrected chi connectivity index (χ3v) is 3.22. The van der Waals surface area contributed by atoms with Crippen LogP contribution in [-0.2, 0) is 11.3 Å². The van der Waals surface area contributed by atoms with Gasteiger partial charge in [-0.3, -0.25) is 0 Å². The number of hydrogen-bond acceptors (Lipinski definition) is 1. The van der Waals surface area contributed by atoms with Gasteiger partial charge in [-0.2, -0.15) is 0 Å². The predicted molar refractivity (Wildman–Crippen MR) is 75.7 cm³/mol. The number of ether oxygens (including phenoxy) is 1. The fourth-order valence-electron chi connectivity index (χ4n) is 2.17. The van der Waals surface area contributed by atoms with Gasteiger partial charge >= 0.3 is 0 Å². The molecule has 0 radical (unpaired) electrons. The van der Waals surface area contributed by atoms with Gasteiger partial charge in [-0.25, -0.2) is 0 Å². The maximum absolute atomic E-state index is 5.08. The monoisotopic (exact) mass is 243 g/mol. The summed E-state index contributed by atoms with van der Waals surface area (Å²) in [5.41, 5.74) is 3.92. The molecular weight excluding hydrogens is 222 g/mol. The van der Waals surface area contributed by atoms with Gasteiger partial charge in [-0.15, -0.1) is 0 Å². The molecule has 0 amide bonds. The maximum atomic E-state index is 5.08. The summed E-state index contributed by atoms with van der Waals surface area (Å²) in [6.07, 6.45) is 4.53. The molecule has 2 aromatic rings. The van der Waals surface area contributed by atoms with Crippen LogP contribution < -0.4 is 0 Å². The number of aryl methyl sites for hydroxylation is 2. The van der Waals surface area contributed by atoms with Crippen molar-refractivity contribution >= 4 is 0 Å². The number of nitrogens with zero attached hydrogens (tertiary/aromatic N) is 1. The van der Waals surface area contributed by atoms with Crippen molar-refractivity contribution in [3.63, 3.8) is 0 Å². The lowest BCUT2D eigenvalue weighted by atomic mass is 10.1. The third-order valence-electron chi connectivity index (χ3n) is 3.22. The normalized spacial score (nSPS) is 10.8. The zero-order valence-electron chi connectivity index (χ0n) is 11.2. The standard InChI is InChI=1S/C16H21NO/c1-14-12-16(15-8-4-3-5-9-15)13-17(14)10-6-7-11-18-2/h3-5,8-9,12-13H,6-7,10-11H2,1-2H3. The van der Waals surface area contributed by atoms with Crippen LogP contribution >= 0.6 is 0 Å². The van der Waals surface area contributed by atoms with E-state index in [2.05, 4.69) is 54.1 Å². The van der Waals surface area contributed by atoms with E-state index in [1.165, 1.54) is 16.8 Å². The third kappa shape index (κ3) is 3.23. The minimum absolute atomic E-state index is 0.853. The van der Waals surface area contributed by atoms with Gasteiger partial charge in [0.05, 0.1) is 0 Å². The highest BCUT2D eigenvalue weighted by Crippen LogP contribution is 2.21. The van der Waals surface area contributed by atoms with Gasteiger partial charge in [0.25, 0.3) is 0 Å². The van der Waals surface area contributed by atoms with Gasteiger partial charge in [0.15, 0.2) is 0 Å². The Morgan fingerprint density at radius 3 is 2.56 bits per heavy atom. The Balaban J connectivity index is 2.03. The number of methoxy groups -OCH3 is 1. The van der Waals surface area contributed by atoms with Crippen molar-refractivity contribution in [1.82, 2.24) is 4.57 Å². The van der Waals surface area contributed by atoms with Gasteiger partial charge in [0.1, 0.15) is 0 Å². The maximum Gasteiger partial charge on any atom is 0.0462 e. The van der Waals surface area contributed by atoms with Crippen molar-refractivity contribution in [2.75, 3.05) is 13.7 Å². The Kier molecular flexibility index (Phi) is 4.59. The molecule has 2 nitrogen and oxygen atoms in total. The summed E-state index contributed by atoms with van der Waals surface area (Å²) in [6, 6.07) is 12.8. The van der Waals surface area contributed by atoms with E-state index in [-0.39, 0.29) is 0 Å². The Morgan fingerprint density at radius 1 is 1.06 bits per heavy atom. The Morgan fingerprint density at radius 2 is 1.83 bits per heavy atom. The van der Waals surface area contributed by atoms with Crippen LogP contribution in [-0.4, -0.2) is 18.3 Å². The van der Waals surface area contributed by atoms with Gasteiger partial charge < -0.3 is 9.30 Å². The smallest absolute Gasteiger partial charge is 0.0462 e. The molecule has 0 aliphatic heterocycles. The molecule has 0 bridgehead atoms. The van der Waals surface area contributed by atoms with E-state index < -0.39 is 0 Å². The van der Waals surface area contributed by atoms with Crippen molar-refractivity contribution in [2.24, 2.45) is 0 Å². The Bertz CT molecular complexity index is 473. The lowest BCUT2D eigenvalue weighted by Gasteiger charge is -2.05. The van der Waals surface area contributed by atoms with Crippen LogP contribution in [0.1, 0.15) is 18.5 Å². The van der Waals surface area contributed by atoms with Crippen molar-refractivity contribution in [2.45, 2.75) is 26.3 Å². The van der Waals surface area contributed by atoms with E-state index in [0.717, 1.165) is 26.0 Å². The largest absolute Gasteiger partial charge is 0.385 e. The van der Waals surface area contributed by atoms with Crippen molar-refractivity contribution in [3.8, 4) is 11.1 Å². The van der Waals surface area contributed by atoms with Crippen LogP contribution in [0.25, 0.3) is 11.1 Å². The van der Waals surface area contributed by atoms with Crippen molar-refractivity contribution in [1.29, 1.82) is 0 Å². The zero-order chi connectivity index (χ0) is 12.8. The molecule has 1 aromatic carbocycles. The summed E-state index contributed by atoms with van der Waals surface area (Å²) in [5.74, 6) is 0. The first-order valence-electron chi connectivity index (χ1n) is 6.52. The summed E-state index contributed by atoms with van der Waals surface area (Å²) in [5, 5.41) is 0. The quantitative estimate of drug-likeness (QED) is 0.702. The molecule has 2 heteroatoms. The molecule has 0 N–H and O–H groups in total. The van der Waals surface area contributed by atoms with Gasteiger partial charge in [-0.1, -0.05) is 30.3 Å². The first kappa shape index (κ1) is 12.9. The second-order valence-electron chi connectivity index (χ2n) is 4.63. The molecule has 0 saturated carbocycles. The molecule has 1 aromatic heterocycles. The van der Waals surface area contributed by atoms with Crippen molar-refractivity contribution < 1.29 is 4.74 Å². The molecule has 1 heterocycles. The summed E-state index contributed by atoms with van der Waals surface area (Å²) in [4.78, 5) is 0. The molecule has 0 saturated heterocycles. The van der Waals surface area contributed by atoms with Crippen LogP contribution in [0.5, 0.6) is 0 Å². The molecule has 0 aliphatic carbocycles. The molecule has 96 valence electrons. The number of unbranched alkanes of at least 4 members (excludes halogenated alkanes) is 1. The fraction of sp³-hybridized carbons (Fsp3) is 0.375. The topological polar surface area (TPSA) is 14.2 Å². The average Bonchev–Trinajstić information content (AvgIpc) is 2.77. The first-order valence-corrected chi connectivity index (χ1v) is 6.52. The predicted octanol–water partition coefficient (Wildman–Crippen LogP) is 3.89. The van der Waals surface area contributed by atoms with E-state index in [1.807, 2.05) is 0 Å². The molecule has 0 aliphatic rings. The minimum atomic E-state index is 0.853. The van der Waals surface area contributed by atoms with E-state index in [9.17, 15) is 0 Å². The van der Waals surface area contributed by atoms with E-state index >= 15 is 0 Å². The minimum Gasteiger partial charge on any atom is -0.385 e. The number of benzene rings is 1. The first-order chi connectivity index (χ1) is 8.81. The zero-order valence-corrected chi connectivity index (χ0v) is 11.2. The van der Waals surface area contributed by atoms with Crippen LogP contribution in [0.4, 0.5) is 0 Å². The molecule has 0 atom stereocenters. The molecule has 18 heavy (non-hydrogen) atoms. The molecular formula is C16H21NO. The van der Waals surface area contributed by atoms with Crippen LogP contribution in [0.15, 0.2) is 42.6 Å². The highest BCUT2D eigenvalue weighted by molar-refractivity contribution is 5.63. The van der Waals surface area contributed by atoms with E-state index in [1.54, 1.807) is 7.11 Å². The van der Waals surface area contributed by atoms with Crippen LogP contribution in [0, 0.1) is 6.92 Å². The van der Waals surface area contributed by atoms with Crippen LogP contribution in [0.3, 0.4) is 0 Å². The molecule has 0 fully saturated rings. The average molecular weight is 243 g/mol. The molecule has 0 unspecified atom stereocenters. The molecule has 0 spiro atoms. The fourth-order valence-corrected chi connectivity index (χ4v) is 2.17. The summed E-state index contributed by atoms with van der Waals surface area (Å²) in [6.45, 7) is 4.09. The van der Waals surface area contributed by atoms with Gasteiger partial charge in [-0.05, 0) is 37.0 Å². The second kappa shape index (κ2) is 6.41. The summed E-state index contributed by atoms with van der Waals surface area (Å²) in [7, 11) is 1.76. The van der Waals surface area contributed by atoms with Crippen LogP contribution in [0.2, 0.25) is 0 Å². The summed E-state index contributed by atoms with van der Waals surface area (Å²) >= 11 is 0. The van der Waals surface area contributed by atoms with Gasteiger partial charge in [0.2, 0.25) is 0 Å². The van der Waals surface area contributed by atoms with Gasteiger partial charge in [0, 0.05) is 32.2 Å². The lowest BCUT2D eigenvalue weighted by Crippen LogP contribution is -1.99.